The highest BCUT2D eigenvalue weighted by molar-refractivity contribution is 5.98. The van der Waals surface area contributed by atoms with Crippen LogP contribution in [0, 0.1) is 11.6 Å². The quantitative estimate of drug-likeness (QED) is 0.458. The number of carbonyl (C=O) groups is 2. The maximum atomic E-state index is 13.4. The van der Waals surface area contributed by atoms with E-state index < -0.39 is 59.4 Å². The number of ether oxygens (including phenoxy) is 1. The molecule has 0 N–H and O–H groups in total. The molecule has 0 unspecified atom stereocenters. The highest BCUT2D eigenvalue weighted by Crippen LogP contribution is 2.27. The predicted molar refractivity (Wildman–Crippen MR) is 77.4 cm³/mol. The van der Waals surface area contributed by atoms with Gasteiger partial charge in [0.25, 0.3) is 5.56 Å². The third-order valence-electron chi connectivity index (χ3n) is 3.20. The Hall–Kier alpha value is -3.04. The van der Waals surface area contributed by atoms with E-state index in [0.29, 0.717) is 35.0 Å². The van der Waals surface area contributed by atoms with Gasteiger partial charge in [0.2, 0.25) is 5.78 Å². The number of nitrogens with zero attached hydrogens (tertiary/aromatic N) is 1. The first kappa shape index (κ1) is 19.3. The van der Waals surface area contributed by atoms with Crippen LogP contribution in [0.1, 0.15) is 15.9 Å². The molecule has 2 aromatic rings. The molecule has 10 heteroatoms. The lowest BCUT2D eigenvalue weighted by molar-refractivity contribution is -0.144. The van der Waals surface area contributed by atoms with E-state index in [0.717, 1.165) is 6.07 Å². The van der Waals surface area contributed by atoms with Gasteiger partial charge in [-0.25, -0.2) is 8.78 Å². The largest absolute Gasteiger partial charge is 0.456 e. The summed E-state index contributed by atoms with van der Waals surface area (Å²) in [7, 11) is 0. The molecule has 0 radical (unpaired) electrons. The number of hydrogen-bond acceptors (Lipinski definition) is 4. The van der Waals surface area contributed by atoms with Crippen molar-refractivity contribution in [1.82, 2.24) is 4.57 Å². The molecule has 1 aromatic heterocycles. The average molecular weight is 375 g/mol. The van der Waals surface area contributed by atoms with Crippen LogP contribution in [-0.4, -0.2) is 22.9 Å². The number of alkyl halides is 3. The fourth-order valence-electron chi connectivity index (χ4n) is 1.94. The van der Waals surface area contributed by atoms with Crippen molar-refractivity contribution in [2.45, 2.75) is 12.7 Å². The van der Waals surface area contributed by atoms with Crippen LogP contribution in [-0.2, 0) is 22.3 Å². The Labute approximate surface area is 142 Å². The van der Waals surface area contributed by atoms with Gasteiger partial charge in [0.05, 0.1) is 11.1 Å². The van der Waals surface area contributed by atoms with Crippen molar-refractivity contribution in [3.8, 4) is 0 Å². The predicted octanol–water partition coefficient (Wildman–Crippen LogP) is 2.57. The molecule has 0 aliphatic heterocycles. The second kappa shape index (κ2) is 7.46. The van der Waals surface area contributed by atoms with E-state index in [9.17, 15) is 36.3 Å². The summed E-state index contributed by atoms with van der Waals surface area (Å²) in [6.45, 7) is -1.85. The van der Waals surface area contributed by atoms with Crippen LogP contribution in [0.2, 0.25) is 0 Å². The van der Waals surface area contributed by atoms with Gasteiger partial charge in [-0.15, -0.1) is 0 Å². The molecule has 0 saturated heterocycles. The second-order valence-electron chi connectivity index (χ2n) is 5.09. The Morgan fingerprint density at radius 3 is 2.42 bits per heavy atom. The number of ketones is 1. The molecule has 0 saturated carbocycles. The van der Waals surface area contributed by atoms with Crippen LogP contribution in [0.15, 0.2) is 41.3 Å². The molecule has 1 heterocycles. The van der Waals surface area contributed by atoms with Gasteiger partial charge in [-0.1, -0.05) is 0 Å². The Bertz CT molecular complexity index is 904. The van der Waals surface area contributed by atoms with E-state index >= 15 is 0 Å². The number of pyridine rings is 1. The topological polar surface area (TPSA) is 65.4 Å². The van der Waals surface area contributed by atoms with Crippen LogP contribution in [0.3, 0.4) is 0 Å². The first-order chi connectivity index (χ1) is 12.1. The third kappa shape index (κ3) is 4.74. The van der Waals surface area contributed by atoms with Crippen LogP contribution in [0.5, 0.6) is 0 Å². The molecule has 0 aliphatic carbocycles. The first-order valence-electron chi connectivity index (χ1n) is 6.99. The van der Waals surface area contributed by atoms with Crippen molar-refractivity contribution in [2.24, 2.45) is 0 Å². The van der Waals surface area contributed by atoms with Crippen molar-refractivity contribution < 1.29 is 36.3 Å². The minimum absolute atomic E-state index is 0.428. The summed E-state index contributed by atoms with van der Waals surface area (Å²) in [5, 5.41) is 0. The number of benzene rings is 1. The lowest BCUT2D eigenvalue weighted by Gasteiger charge is -2.10. The molecular formula is C16H10F5NO4. The SMILES string of the molecule is O=C(Cn1cc(C(F)(F)F)ccc1=O)OCC(=O)c1cc(F)ccc1F. The first-order valence-corrected chi connectivity index (χ1v) is 6.99. The van der Waals surface area contributed by atoms with Gasteiger partial charge in [0.1, 0.15) is 18.2 Å². The lowest BCUT2D eigenvalue weighted by atomic mass is 10.1. The average Bonchev–Trinajstić information content (AvgIpc) is 2.55. The van der Waals surface area contributed by atoms with Gasteiger partial charge in [-0.3, -0.25) is 14.4 Å². The van der Waals surface area contributed by atoms with Crippen LogP contribution in [0.25, 0.3) is 0 Å². The normalized spacial score (nSPS) is 11.3. The summed E-state index contributed by atoms with van der Waals surface area (Å²) < 4.78 is 69.2. The number of carbonyl (C=O) groups excluding carboxylic acids is 2. The Morgan fingerprint density at radius 1 is 1.08 bits per heavy atom. The van der Waals surface area contributed by atoms with E-state index in [4.69, 9.17) is 0 Å². The van der Waals surface area contributed by atoms with Crippen molar-refractivity contribution in [2.75, 3.05) is 6.61 Å². The minimum atomic E-state index is -4.72. The third-order valence-corrected chi connectivity index (χ3v) is 3.20. The Kier molecular flexibility index (Phi) is 5.53. The molecule has 0 aliphatic rings. The van der Waals surface area contributed by atoms with Crippen molar-refractivity contribution in [1.29, 1.82) is 0 Å². The molecule has 0 atom stereocenters. The highest BCUT2D eigenvalue weighted by atomic mass is 19.4. The molecular weight excluding hydrogens is 365 g/mol. The molecule has 0 spiro atoms. The van der Waals surface area contributed by atoms with E-state index in [-0.39, 0.29) is 0 Å². The molecule has 5 nitrogen and oxygen atoms in total. The Balaban J connectivity index is 2.04. The van der Waals surface area contributed by atoms with Crippen LogP contribution >= 0.6 is 0 Å². The molecule has 138 valence electrons. The van der Waals surface area contributed by atoms with Gasteiger partial charge in [-0.05, 0) is 24.3 Å². The smallest absolute Gasteiger partial charge is 0.417 e. The summed E-state index contributed by atoms with van der Waals surface area (Å²) in [6, 6.07) is 3.30. The van der Waals surface area contributed by atoms with Gasteiger partial charge < -0.3 is 9.30 Å². The lowest BCUT2D eigenvalue weighted by Crippen LogP contribution is -2.27. The zero-order valence-electron chi connectivity index (χ0n) is 12.8. The van der Waals surface area contributed by atoms with Gasteiger partial charge in [0.15, 0.2) is 6.61 Å². The summed E-state index contributed by atoms with van der Waals surface area (Å²) in [4.78, 5) is 34.9. The summed E-state index contributed by atoms with van der Waals surface area (Å²) in [5.41, 5.74) is -2.69. The van der Waals surface area contributed by atoms with Crippen LogP contribution in [0.4, 0.5) is 22.0 Å². The summed E-state index contributed by atoms with van der Waals surface area (Å²) in [6.07, 6.45) is -4.29. The molecule has 1 aromatic carbocycles. The van der Waals surface area contributed by atoms with E-state index in [1.807, 2.05) is 0 Å². The van der Waals surface area contributed by atoms with Gasteiger partial charge in [-0.2, -0.15) is 13.2 Å². The molecule has 0 bridgehead atoms. The standard InChI is InChI=1S/C16H10F5NO4/c17-10-2-3-12(18)11(5-10)13(23)8-26-15(25)7-22-6-9(16(19,20)21)1-4-14(22)24/h1-6H,7-8H2. The molecule has 26 heavy (non-hydrogen) atoms. The number of aromatic nitrogens is 1. The second-order valence-corrected chi connectivity index (χ2v) is 5.09. The number of hydrogen-bond donors (Lipinski definition) is 0. The maximum Gasteiger partial charge on any atom is 0.417 e. The van der Waals surface area contributed by atoms with Crippen LogP contribution < -0.4 is 5.56 Å². The summed E-state index contributed by atoms with van der Waals surface area (Å²) >= 11 is 0. The zero-order valence-corrected chi connectivity index (χ0v) is 12.8. The maximum absolute atomic E-state index is 13.4. The Morgan fingerprint density at radius 2 is 1.77 bits per heavy atom. The number of Topliss-reactive ketones (excluding diaryl/α,β-unsaturated/α-hetero) is 1. The fourth-order valence-corrected chi connectivity index (χ4v) is 1.94. The van der Waals surface area contributed by atoms with E-state index in [2.05, 4.69) is 4.74 Å². The van der Waals surface area contributed by atoms with E-state index in [1.165, 1.54) is 0 Å². The van der Waals surface area contributed by atoms with Gasteiger partial charge in [0, 0.05) is 12.3 Å². The monoisotopic (exact) mass is 375 g/mol. The summed E-state index contributed by atoms with van der Waals surface area (Å²) in [5.74, 6) is -4.15. The van der Waals surface area contributed by atoms with Crippen molar-refractivity contribution in [3.05, 3.63) is 69.6 Å². The molecule has 0 amide bonds. The van der Waals surface area contributed by atoms with Crippen molar-refractivity contribution >= 4 is 11.8 Å². The zero-order chi connectivity index (χ0) is 19.5. The van der Waals surface area contributed by atoms with Crippen molar-refractivity contribution in [3.63, 3.8) is 0 Å². The minimum Gasteiger partial charge on any atom is -0.456 e. The highest BCUT2D eigenvalue weighted by Gasteiger charge is 2.31. The number of halogens is 5. The fraction of sp³-hybridized carbons (Fsp3) is 0.188. The van der Waals surface area contributed by atoms with E-state index in [1.54, 1.807) is 0 Å². The number of rotatable bonds is 5. The molecule has 2 rings (SSSR count). The number of esters is 1. The van der Waals surface area contributed by atoms with Gasteiger partial charge >= 0.3 is 12.1 Å². The molecule has 0 fully saturated rings.